The van der Waals surface area contributed by atoms with E-state index < -0.39 is 11.7 Å². The maximum atomic E-state index is 12.2. The Morgan fingerprint density at radius 3 is 2.68 bits per heavy atom. The summed E-state index contributed by atoms with van der Waals surface area (Å²) in [4.78, 5) is 25.9. The Morgan fingerprint density at radius 1 is 1.28 bits per heavy atom. The highest BCUT2D eigenvalue weighted by Crippen LogP contribution is 2.30. The molecule has 0 radical (unpaired) electrons. The zero-order valence-corrected chi connectivity index (χ0v) is 15.5. The lowest BCUT2D eigenvalue weighted by Crippen LogP contribution is -2.37. The van der Waals surface area contributed by atoms with Crippen molar-refractivity contribution in [3.63, 3.8) is 0 Å². The molecule has 0 fully saturated rings. The summed E-state index contributed by atoms with van der Waals surface area (Å²) < 4.78 is 11.2. The molecule has 1 aromatic carbocycles. The Hall–Kier alpha value is -2.34. The molecule has 1 aromatic heterocycles. The molecule has 0 bridgehead atoms. The number of hydrogen-bond donors (Lipinski definition) is 1. The normalized spacial score (nSPS) is 12.4. The molecule has 0 aliphatic heterocycles. The maximum absolute atomic E-state index is 12.2. The van der Waals surface area contributed by atoms with Crippen LogP contribution < -0.4 is 15.7 Å². The lowest BCUT2D eigenvalue weighted by atomic mass is 10.1. The monoisotopic (exact) mass is 346 g/mol. The molecule has 2 aromatic rings. The summed E-state index contributed by atoms with van der Waals surface area (Å²) in [7, 11) is 3.99. The number of ether oxygens (including phenoxy) is 1. The lowest BCUT2D eigenvalue weighted by Gasteiger charge is -2.17. The number of fused-ring (bicyclic) bond motifs is 1. The van der Waals surface area contributed by atoms with E-state index >= 15 is 0 Å². The van der Waals surface area contributed by atoms with Gasteiger partial charge in [-0.2, -0.15) is 0 Å². The first-order valence-corrected chi connectivity index (χ1v) is 8.42. The van der Waals surface area contributed by atoms with E-state index in [0.717, 1.165) is 29.5 Å². The average molecular weight is 346 g/mol. The number of amides is 1. The predicted molar refractivity (Wildman–Crippen MR) is 98.2 cm³/mol. The van der Waals surface area contributed by atoms with Gasteiger partial charge in [0.05, 0.1) is 5.39 Å². The Morgan fingerprint density at radius 2 is 2.00 bits per heavy atom. The Balaban J connectivity index is 2.14. The Labute approximate surface area is 147 Å². The first kappa shape index (κ1) is 19.0. The third-order valence-electron chi connectivity index (χ3n) is 3.90. The standard InChI is InChI=1S/C19H26N2O4/c1-12-9-15(18-13(2)11-17(22)25-16(18)10-12)24-14(3)19(23)20-7-6-8-21(4)5/h9-11,14H,6-8H2,1-5H3,(H,20,23)/t14-/m0/s1. The molecule has 1 atom stereocenters. The fraction of sp³-hybridized carbons (Fsp3) is 0.474. The minimum Gasteiger partial charge on any atom is -0.480 e. The van der Waals surface area contributed by atoms with Crippen molar-refractivity contribution in [2.45, 2.75) is 33.3 Å². The number of rotatable bonds is 7. The highest BCUT2D eigenvalue weighted by atomic mass is 16.5. The molecule has 0 aliphatic carbocycles. The molecule has 25 heavy (non-hydrogen) atoms. The van der Waals surface area contributed by atoms with E-state index in [4.69, 9.17) is 9.15 Å². The molecule has 2 rings (SSSR count). The van der Waals surface area contributed by atoms with Crippen LogP contribution in [0.1, 0.15) is 24.5 Å². The van der Waals surface area contributed by atoms with Crippen LogP contribution in [0.2, 0.25) is 0 Å². The van der Waals surface area contributed by atoms with Gasteiger partial charge >= 0.3 is 5.63 Å². The van der Waals surface area contributed by atoms with E-state index in [1.54, 1.807) is 13.0 Å². The van der Waals surface area contributed by atoms with Crippen LogP contribution in [0.4, 0.5) is 0 Å². The molecule has 0 spiro atoms. The lowest BCUT2D eigenvalue weighted by molar-refractivity contribution is -0.127. The van der Waals surface area contributed by atoms with Gasteiger partial charge in [0.2, 0.25) is 0 Å². The zero-order chi connectivity index (χ0) is 18.6. The molecule has 1 N–H and O–H groups in total. The molecule has 0 unspecified atom stereocenters. The number of hydrogen-bond acceptors (Lipinski definition) is 5. The largest absolute Gasteiger partial charge is 0.480 e. The highest BCUT2D eigenvalue weighted by molar-refractivity contribution is 5.88. The number of carbonyl (C=O) groups excluding carboxylic acids is 1. The van der Waals surface area contributed by atoms with Crippen LogP contribution in [0.25, 0.3) is 11.0 Å². The number of benzene rings is 1. The van der Waals surface area contributed by atoms with E-state index in [9.17, 15) is 9.59 Å². The van der Waals surface area contributed by atoms with Crippen LogP contribution in [0.15, 0.2) is 27.4 Å². The van der Waals surface area contributed by atoms with Crippen molar-refractivity contribution in [2.24, 2.45) is 0 Å². The molecule has 1 heterocycles. The maximum Gasteiger partial charge on any atom is 0.336 e. The number of aryl methyl sites for hydroxylation is 2. The second-order valence-electron chi connectivity index (χ2n) is 6.59. The summed E-state index contributed by atoms with van der Waals surface area (Å²) in [5.74, 6) is 0.385. The smallest absolute Gasteiger partial charge is 0.336 e. The molecule has 0 saturated heterocycles. The van der Waals surface area contributed by atoms with Gasteiger partial charge in [0.15, 0.2) is 6.10 Å². The van der Waals surface area contributed by atoms with Crippen molar-refractivity contribution in [3.8, 4) is 5.75 Å². The third-order valence-corrected chi connectivity index (χ3v) is 3.90. The second-order valence-corrected chi connectivity index (χ2v) is 6.59. The van der Waals surface area contributed by atoms with E-state index in [1.807, 2.05) is 34.0 Å². The van der Waals surface area contributed by atoms with Gasteiger partial charge in [-0.05, 0) is 71.1 Å². The molecule has 6 heteroatoms. The fourth-order valence-electron chi connectivity index (χ4n) is 2.66. The van der Waals surface area contributed by atoms with Crippen molar-refractivity contribution >= 4 is 16.9 Å². The van der Waals surface area contributed by atoms with E-state index in [2.05, 4.69) is 10.2 Å². The summed E-state index contributed by atoms with van der Waals surface area (Å²) in [5.41, 5.74) is 1.74. The van der Waals surface area contributed by atoms with Gasteiger partial charge < -0.3 is 19.4 Å². The van der Waals surface area contributed by atoms with Crippen LogP contribution >= 0.6 is 0 Å². The third kappa shape index (κ3) is 5.06. The predicted octanol–water partition coefficient (Wildman–Crippen LogP) is 2.25. The average Bonchev–Trinajstić information content (AvgIpc) is 2.49. The second kappa shape index (κ2) is 8.16. The summed E-state index contributed by atoms with van der Waals surface area (Å²) in [6.45, 7) is 6.95. The van der Waals surface area contributed by atoms with Crippen LogP contribution in [0.3, 0.4) is 0 Å². The van der Waals surface area contributed by atoms with Gasteiger partial charge in [0.25, 0.3) is 5.91 Å². The van der Waals surface area contributed by atoms with Crippen LogP contribution in [-0.2, 0) is 4.79 Å². The first-order valence-electron chi connectivity index (χ1n) is 8.42. The van der Waals surface area contributed by atoms with E-state index in [0.29, 0.717) is 17.9 Å². The molecule has 6 nitrogen and oxygen atoms in total. The van der Waals surface area contributed by atoms with E-state index in [1.165, 1.54) is 6.07 Å². The summed E-state index contributed by atoms with van der Waals surface area (Å²) in [6.07, 6.45) is 0.235. The SMILES string of the molecule is Cc1cc(O[C@@H](C)C(=O)NCCCN(C)C)c2c(C)cc(=O)oc2c1. The van der Waals surface area contributed by atoms with Gasteiger partial charge in [0.1, 0.15) is 11.3 Å². The van der Waals surface area contributed by atoms with E-state index in [-0.39, 0.29) is 5.91 Å². The quantitative estimate of drug-likeness (QED) is 0.615. The number of nitrogens with zero attached hydrogens (tertiary/aromatic N) is 1. The van der Waals surface area contributed by atoms with Gasteiger partial charge in [0, 0.05) is 12.6 Å². The van der Waals surface area contributed by atoms with Crippen LogP contribution in [0, 0.1) is 13.8 Å². The summed E-state index contributed by atoms with van der Waals surface area (Å²) in [5, 5.41) is 3.60. The first-order chi connectivity index (χ1) is 11.8. The molecular weight excluding hydrogens is 320 g/mol. The highest BCUT2D eigenvalue weighted by Gasteiger charge is 2.17. The van der Waals surface area contributed by atoms with Crippen molar-refractivity contribution in [1.82, 2.24) is 10.2 Å². The van der Waals surface area contributed by atoms with Gasteiger partial charge in [-0.1, -0.05) is 0 Å². The van der Waals surface area contributed by atoms with Crippen LogP contribution in [-0.4, -0.2) is 44.1 Å². The minimum absolute atomic E-state index is 0.163. The molecule has 1 amide bonds. The molecular formula is C19H26N2O4. The van der Waals surface area contributed by atoms with Crippen molar-refractivity contribution in [2.75, 3.05) is 27.2 Å². The number of carbonyl (C=O) groups is 1. The van der Waals surface area contributed by atoms with Crippen molar-refractivity contribution in [3.05, 3.63) is 39.7 Å². The molecule has 0 saturated carbocycles. The topological polar surface area (TPSA) is 71.8 Å². The van der Waals surface area contributed by atoms with Gasteiger partial charge in [-0.15, -0.1) is 0 Å². The minimum atomic E-state index is -0.643. The molecule has 136 valence electrons. The number of nitrogens with one attached hydrogen (secondary N) is 1. The molecule has 0 aliphatic rings. The Kier molecular flexibility index (Phi) is 6.20. The Bertz CT molecular complexity index is 811. The van der Waals surface area contributed by atoms with Crippen molar-refractivity contribution in [1.29, 1.82) is 0 Å². The summed E-state index contributed by atoms with van der Waals surface area (Å²) in [6, 6.07) is 5.07. The van der Waals surface area contributed by atoms with Crippen LogP contribution in [0.5, 0.6) is 5.75 Å². The summed E-state index contributed by atoms with van der Waals surface area (Å²) >= 11 is 0. The van der Waals surface area contributed by atoms with Gasteiger partial charge in [-0.25, -0.2) is 4.79 Å². The van der Waals surface area contributed by atoms with Gasteiger partial charge in [-0.3, -0.25) is 4.79 Å². The van der Waals surface area contributed by atoms with Crippen molar-refractivity contribution < 1.29 is 13.9 Å². The fourth-order valence-corrected chi connectivity index (χ4v) is 2.66. The zero-order valence-electron chi connectivity index (χ0n) is 15.5.